The van der Waals surface area contributed by atoms with Crippen molar-refractivity contribution >= 4 is 5.69 Å². The van der Waals surface area contributed by atoms with Crippen molar-refractivity contribution in [3.05, 3.63) is 41.2 Å². The summed E-state index contributed by atoms with van der Waals surface area (Å²) in [5.74, 6) is 0.665. The lowest BCUT2D eigenvalue weighted by atomic mass is 10.2. The van der Waals surface area contributed by atoms with Crippen LogP contribution in [0.25, 0.3) is 0 Å². The van der Waals surface area contributed by atoms with Crippen molar-refractivity contribution in [3.63, 3.8) is 0 Å². The highest BCUT2D eigenvalue weighted by Gasteiger charge is 2.06. The predicted octanol–water partition coefficient (Wildman–Crippen LogP) is 2.22. The first kappa shape index (κ1) is 13.0. The van der Waals surface area contributed by atoms with Crippen LogP contribution in [0.3, 0.4) is 0 Å². The summed E-state index contributed by atoms with van der Waals surface area (Å²) >= 11 is 0. The maximum absolute atomic E-state index is 8.86. The molecule has 0 aliphatic heterocycles. The van der Waals surface area contributed by atoms with E-state index >= 15 is 0 Å². The largest absolute Gasteiger partial charge is 0.495 e. The fraction of sp³-hybridized carbons (Fsp3) is 0.286. The van der Waals surface area contributed by atoms with Crippen LogP contribution in [-0.4, -0.2) is 16.9 Å². The van der Waals surface area contributed by atoms with Gasteiger partial charge < -0.3 is 10.1 Å². The quantitative estimate of drug-likeness (QED) is 0.911. The van der Waals surface area contributed by atoms with Crippen LogP contribution in [0.15, 0.2) is 24.3 Å². The monoisotopic (exact) mass is 256 g/mol. The number of rotatable bonds is 4. The van der Waals surface area contributed by atoms with E-state index in [4.69, 9.17) is 10.00 Å². The third kappa shape index (κ3) is 2.86. The minimum absolute atomic E-state index is 0.582. The normalized spacial score (nSPS) is 10.0. The molecule has 0 aliphatic rings. The summed E-state index contributed by atoms with van der Waals surface area (Å²) in [6, 6.07) is 9.45. The smallest absolute Gasteiger partial charge is 0.143 e. The highest BCUT2D eigenvalue weighted by atomic mass is 16.5. The molecule has 1 N–H and O–H groups in total. The van der Waals surface area contributed by atoms with E-state index in [1.54, 1.807) is 19.2 Å². The maximum atomic E-state index is 8.86. The number of hydrogen-bond acceptors (Lipinski definition) is 4. The Hall–Kier alpha value is -2.48. The van der Waals surface area contributed by atoms with Gasteiger partial charge in [-0.3, -0.25) is 4.68 Å². The molecule has 1 aromatic heterocycles. The third-order valence-corrected chi connectivity index (χ3v) is 2.89. The molecule has 5 heteroatoms. The first-order chi connectivity index (χ1) is 9.13. The lowest BCUT2D eigenvalue weighted by Crippen LogP contribution is -2.06. The van der Waals surface area contributed by atoms with Gasteiger partial charge in [-0.25, -0.2) is 0 Å². The van der Waals surface area contributed by atoms with E-state index in [0.29, 0.717) is 17.9 Å². The zero-order valence-corrected chi connectivity index (χ0v) is 11.3. The molecule has 5 nitrogen and oxygen atoms in total. The lowest BCUT2D eigenvalue weighted by molar-refractivity contribution is 0.416. The second kappa shape index (κ2) is 5.44. The van der Waals surface area contributed by atoms with E-state index in [0.717, 1.165) is 17.1 Å². The van der Waals surface area contributed by atoms with E-state index in [2.05, 4.69) is 16.5 Å². The molecule has 0 aliphatic carbocycles. The van der Waals surface area contributed by atoms with E-state index in [1.807, 2.05) is 30.8 Å². The van der Waals surface area contributed by atoms with E-state index < -0.39 is 0 Å². The van der Waals surface area contributed by atoms with E-state index in [9.17, 15) is 0 Å². The van der Waals surface area contributed by atoms with Gasteiger partial charge in [-0.2, -0.15) is 10.4 Å². The number of methoxy groups -OCH3 is 1. The molecule has 0 radical (unpaired) electrons. The van der Waals surface area contributed by atoms with Gasteiger partial charge in [0.2, 0.25) is 0 Å². The van der Waals surface area contributed by atoms with Crippen molar-refractivity contribution < 1.29 is 4.74 Å². The Labute approximate surface area is 112 Å². The van der Waals surface area contributed by atoms with Crippen molar-refractivity contribution in [1.82, 2.24) is 9.78 Å². The third-order valence-electron chi connectivity index (χ3n) is 2.89. The SMILES string of the molecule is COc1cc(C#N)ccc1NCc1cc(C)nn1C. The standard InChI is InChI=1S/C14H16N4O/c1-10-6-12(18(2)17-10)9-16-13-5-4-11(8-15)7-14(13)19-3/h4-7,16H,9H2,1-3H3. The molecule has 2 rings (SSSR count). The molecular formula is C14H16N4O. The number of anilines is 1. The number of aryl methyl sites for hydroxylation is 2. The molecule has 0 unspecified atom stereocenters. The molecule has 0 saturated carbocycles. The maximum Gasteiger partial charge on any atom is 0.143 e. The number of nitrogens with one attached hydrogen (secondary N) is 1. The summed E-state index contributed by atoms with van der Waals surface area (Å²) in [6.45, 7) is 2.62. The summed E-state index contributed by atoms with van der Waals surface area (Å²) in [4.78, 5) is 0. The second-order valence-corrected chi connectivity index (χ2v) is 4.28. The summed E-state index contributed by atoms with van der Waals surface area (Å²) in [5.41, 5.74) is 3.52. The van der Waals surface area contributed by atoms with E-state index in [-0.39, 0.29) is 0 Å². The van der Waals surface area contributed by atoms with Crippen LogP contribution >= 0.6 is 0 Å². The van der Waals surface area contributed by atoms with Crippen LogP contribution in [0.2, 0.25) is 0 Å². The molecule has 0 spiro atoms. The zero-order chi connectivity index (χ0) is 13.8. The van der Waals surface area contributed by atoms with Crippen LogP contribution in [0.1, 0.15) is 17.0 Å². The van der Waals surface area contributed by atoms with Gasteiger partial charge in [0.1, 0.15) is 5.75 Å². The van der Waals surface area contributed by atoms with Crippen LogP contribution in [0, 0.1) is 18.3 Å². The van der Waals surface area contributed by atoms with Crippen LogP contribution < -0.4 is 10.1 Å². The van der Waals surface area contributed by atoms with Crippen molar-refractivity contribution in [2.45, 2.75) is 13.5 Å². The van der Waals surface area contributed by atoms with Gasteiger partial charge in [0.05, 0.1) is 42.4 Å². The van der Waals surface area contributed by atoms with Gasteiger partial charge in [-0.15, -0.1) is 0 Å². The number of ether oxygens (including phenoxy) is 1. The van der Waals surface area contributed by atoms with Crippen LogP contribution in [-0.2, 0) is 13.6 Å². The molecule has 2 aromatic rings. The average Bonchev–Trinajstić information content (AvgIpc) is 2.74. The Bertz CT molecular complexity index is 625. The van der Waals surface area contributed by atoms with Gasteiger partial charge in [0.25, 0.3) is 0 Å². The minimum atomic E-state index is 0.582. The molecular weight excluding hydrogens is 240 g/mol. The first-order valence-electron chi connectivity index (χ1n) is 5.95. The van der Waals surface area contributed by atoms with E-state index in [1.165, 1.54) is 0 Å². The average molecular weight is 256 g/mol. The summed E-state index contributed by atoms with van der Waals surface area (Å²) in [6.07, 6.45) is 0. The molecule has 0 amide bonds. The molecule has 1 aromatic carbocycles. The molecule has 0 atom stereocenters. The molecule has 0 bridgehead atoms. The van der Waals surface area contributed by atoms with Crippen LogP contribution in [0.5, 0.6) is 5.75 Å². The fourth-order valence-corrected chi connectivity index (χ4v) is 1.92. The Morgan fingerprint density at radius 2 is 2.21 bits per heavy atom. The zero-order valence-electron chi connectivity index (χ0n) is 11.3. The number of nitriles is 1. The summed E-state index contributed by atoms with van der Waals surface area (Å²) in [7, 11) is 3.51. The second-order valence-electron chi connectivity index (χ2n) is 4.28. The van der Waals surface area contributed by atoms with Crippen LogP contribution in [0.4, 0.5) is 5.69 Å². The van der Waals surface area contributed by atoms with Gasteiger partial charge in [-0.1, -0.05) is 0 Å². The number of aromatic nitrogens is 2. The molecule has 1 heterocycles. The number of nitrogens with zero attached hydrogens (tertiary/aromatic N) is 3. The van der Waals surface area contributed by atoms with Gasteiger partial charge in [0.15, 0.2) is 0 Å². The van der Waals surface area contributed by atoms with Crippen molar-refractivity contribution in [3.8, 4) is 11.8 Å². The summed E-state index contributed by atoms with van der Waals surface area (Å²) in [5, 5.41) is 16.4. The number of benzene rings is 1. The van der Waals surface area contributed by atoms with Crippen molar-refractivity contribution in [2.75, 3.05) is 12.4 Å². The topological polar surface area (TPSA) is 62.9 Å². The summed E-state index contributed by atoms with van der Waals surface area (Å²) < 4.78 is 7.12. The van der Waals surface area contributed by atoms with Gasteiger partial charge in [-0.05, 0) is 25.1 Å². The number of hydrogen-bond donors (Lipinski definition) is 1. The fourth-order valence-electron chi connectivity index (χ4n) is 1.92. The molecule has 19 heavy (non-hydrogen) atoms. The van der Waals surface area contributed by atoms with Crippen molar-refractivity contribution in [1.29, 1.82) is 5.26 Å². The molecule has 0 saturated heterocycles. The minimum Gasteiger partial charge on any atom is -0.495 e. The predicted molar refractivity (Wildman–Crippen MR) is 73.0 cm³/mol. The van der Waals surface area contributed by atoms with Crippen molar-refractivity contribution in [2.24, 2.45) is 7.05 Å². The first-order valence-corrected chi connectivity index (χ1v) is 5.95. The molecule has 0 fully saturated rings. The highest BCUT2D eigenvalue weighted by molar-refractivity contribution is 5.59. The Morgan fingerprint density at radius 3 is 2.79 bits per heavy atom. The highest BCUT2D eigenvalue weighted by Crippen LogP contribution is 2.25. The van der Waals surface area contributed by atoms with Gasteiger partial charge in [0, 0.05) is 13.1 Å². The Balaban J connectivity index is 2.15. The molecule has 98 valence electrons. The lowest BCUT2D eigenvalue weighted by Gasteiger charge is -2.11. The van der Waals surface area contributed by atoms with Gasteiger partial charge >= 0.3 is 0 Å². The Kier molecular flexibility index (Phi) is 3.71. The Morgan fingerprint density at radius 1 is 1.42 bits per heavy atom.